The fraction of sp³-hybridized carbons (Fsp3) is 0.810. The minimum absolute atomic E-state index is 0.0493. The van der Waals surface area contributed by atoms with Crippen molar-refractivity contribution in [2.45, 2.75) is 59.5 Å². The molecule has 0 aromatic carbocycles. The van der Waals surface area contributed by atoms with Gasteiger partial charge in [0.1, 0.15) is 12.1 Å². The lowest BCUT2D eigenvalue weighted by Gasteiger charge is -2.38. The molecule has 2 N–H and O–H groups in total. The number of hydrogen-bond acceptors (Lipinski definition) is 4. The zero-order valence-corrected chi connectivity index (χ0v) is 18.2. The van der Waals surface area contributed by atoms with Crippen molar-refractivity contribution in [1.82, 2.24) is 15.1 Å². The van der Waals surface area contributed by atoms with E-state index in [-0.39, 0.29) is 41.4 Å². The maximum absolute atomic E-state index is 13.4. The molecule has 8 heteroatoms. The van der Waals surface area contributed by atoms with Gasteiger partial charge in [0.05, 0.1) is 0 Å². The molecule has 162 valence electrons. The van der Waals surface area contributed by atoms with Crippen LogP contribution in [0.3, 0.4) is 0 Å². The van der Waals surface area contributed by atoms with E-state index < -0.39 is 29.4 Å². The fourth-order valence-electron chi connectivity index (χ4n) is 5.04. The number of rotatable bonds is 4. The molecule has 29 heavy (non-hydrogen) atoms. The largest absolute Gasteiger partial charge is 0.480 e. The van der Waals surface area contributed by atoms with Crippen LogP contribution in [0, 0.1) is 28.6 Å². The SMILES string of the molecule is CN1CCC(C(=O)NC(C(=O)N2C[C@H]3[C@@H]([C@H]2C(=O)O)C3(C)C)C(C)(C)C)CC1=O. The molecule has 2 aliphatic heterocycles. The van der Waals surface area contributed by atoms with Gasteiger partial charge in [-0.05, 0) is 23.2 Å². The molecule has 3 aliphatic rings. The van der Waals surface area contributed by atoms with Crippen molar-refractivity contribution in [3.8, 4) is 0 Å². The third-order valence-electron chi connectivity index (χ3n) is 7.17. The first kappa shape index (κ1) is 21.6. The van der Waals surface area contributed by atoms with Crippen LogP contribution in [0.15, 0.2) is 0 Å². The summed E-state index contributed by atoms with van der Waals surface area (Å²) in [6.45, 7) is 10.6. The maximum atomic E-state index is 13.4. The molecule has 3 rings (SSSR count). The Bertz CT molecular complexity index is 741. The number of fused-ring (bicyclic) bond motifs is 1. The Kier molecular flexibility index (Phi) is 5.20. The molecule has 0 radical (unpaired) electrons. The summed E-state index contributed by atoms with van der Waals surface area (Å²) >= 11 is 0. The molecule has 3 amide bonds. The number of carbonyl (C=O) groups excluding carboxylic acids is 3. The van der Waals surface area contributed by atoms with Crippen molar-refractivity contribution in [3.63, 3.8) is 0 Å². The third kappa shape index (κ3) is 3.73. The van der Waals surface area contributed by atoms with E-state index in [1.165, 1.54) is 4.90 Å². The van der Waals surface area contributed by atoms with Crippen LogP contribution in [0.25, 0.3) is 0 Å². The number of amides is 3. The Balaban J connectivity index is 1.76. The Hall–Kier alpha value is -2.12. The van der Waals surface area contributed by atoms with E-state index in [0.717, 1.165) is 0 Å². The van der Waals surface area contributed by atoms with Crippen molar-refractivity contribution in [2.24, 2.45) is 28.6 Å². The smallest absolute Gasteiger partial charge is 0.326 e. The van der Waals surface area contributed by atoms with Gasteiger partial charge in [0.2, 0.25) is 17.7 Å². The number of carboxylic acids is 1. The highest BCUT2D eigenvalue weighted by molar-refractivity contribution is 5.94. The summed E-state index contributed by atoms with van der Waals surface area (Å²) in [6.07, 6.45) is 0.687. The van der Waals surface area contributed by atoms with E-state index in [0.29, 0.717) is 19.5 Å². The average Bonchev–Trinajstić information content (AvgIpc) is 2.95. The normalized spacial score (nSPS) is 31.9. The van der Waals surface area contributed by atoms with Gasteiger partial charge in [0, 0.05) is 38.4 Å². The van der Waals surface area contributed by atoms with Crippen LogP contribution < -0.4 is 5.32 Å². The number of hydrogen-bond donors (Lipinski definition) is 2. The first-order chi connectivity index (χ1) is 13.3. The molecule has 0 spiro atoms. The molecule has 2 heterocycles. The van der Waals surface area contributed by atoms with E-state index in [1.54, 1.807) is 11.9 Å². The summed E-state index contributed by atoms with van der Waals surface area (Å²) in [5.41, 5.74) is -0.664. The highest BCUT2D eigenvalue weighted by Crippen LogP contribution is 2.65. The third-order valence-corrected chi connectivity index (χ3v) is 7.17. The van der Waals surface area contributed by atoms with E-state index in [1.807, 2.05) is 34.6 Å². The molecule has 1 aliphatic carbocycles. The van der Waals surface area contributed by atoms with Gasteiger partial charge in [0.25, 0.3) is 0 Å². The number of likely N-dealkylation sites (tertiary alicyclic amines) is 2. The summed E-state index contributed by atoms with van der Waals surface area (Å²) in [6, 6.07) is -1.69. The number of aliphatic carboxylic acids is 1. The highest BCUT2D eigenvalue weighted by atomic mass is 16.4. The van der Waals surface area contributed by atoms with Gasteiger partial charge in [-0.1, -0.05) is 34.6 Å². The average molecular weight is 408 g/mol. The van der Waals surface area contributed by atoms with Crippen LogP contribution >= 0.6 is 0 Å². The number of carbonyl (C=O) groups is 4. The number of piperidine rings is 2. The Morgan fingerprint density at radius 3 is 2.38 bits per heavy atom. The lowest BCUT2D eigenvalue weighted by atomic mass is 9.84. The van der Waals surface area contributed by atoms with Gasteiger partial charge in [-0.15, -0.1) is 0 Å². The Morgan fingerprint density at radius 1 is 1.24 bits per heavy atom. The Labute approximate surface area is 172 Å². The standard InChI is InChI=1S/C21H33N3O5/c1-20(2,3)16(22-17(26)11-7-8-23(6)13(25)9-11)18(27)24-10-12-14(21(12,4)5)15(24)19(28)29/h11-12,14-16H,7-10H2,1-6H3,(H,22,26)(H,28,29)/t11?,12-,14-,15-,16?/m0/s1. The number of nitrogens with zero attached hydrogens (tertiary/aromatic N) is 2. The molecule has 3 fully saturated rings. The molecule has 1 saturated carbocycles. The second kappa shape index (κ2) is 6.99. The maximum Gasteiger partial charge on any atom is 0.326 e. The van der Waals surface area contributed by atoms with Crippen LogP contribution in [-0.2, 0) is 19.2 Å². The summed E-state index contributed by atoms with van der Waals surface area (Å²) < 4.78 is 0. The van der Waals surface area contributed by atoms with Crippen LogP contribution in [0.2, 0.25) is 0 Å². The molecule has 0 bridgehead atoms. The van der Waals surface area contributed by atoms with Gasteiger partial charge < -0.3 is 20.2 Å². The minimum Gasteiger partial charge on any atom is -0.480 e. The molecular formula is C21H33N3O5. The van der Waals surface area contributed by atoms with Gasteiger partial charge in [-0.25, -0.2) is 4.79 Å². The van der Waals surface area contributed by atoms with E-state index >= 15 is 0 Å². The van der Waals surface area contributed by atoms with Crippen LogP contribution in [0.1, 0.15) is 47.5 Å². The van der Waals surface area contributed by atoms with Gasteiger partial charge in [-0.2, -0.15) is 0 Å². The lowest BCUT2D eigenvalue weighted by Crippen LogP contribution is -2.59. The second-order valence-corrected chi connectivity index (χ2v) is 10.5. The number of nitrogens with one attached hydrogen (secondary N) is 1. The van der Waals surface area contributed by atoms with Crippen molar-refractivity contribution in [2.75, 3.05) is 20.1 Å². The summed E-state index contributed by atoms with van der Waals surface area (Å²) in [7, 11) is 1.71. The van der Waals surface area contributed by atoms with Crippen molar-refractivity contribution in [3.05, 3.63) is 0 Å². The monoisotopic (exact) mass is 407 g/mol. The topological polar surface area (TPSA) is 107 Å². The van der Waals surface area contributed by atoms with E-state index in [2.05, 4.69) is 5.32 Å². The zero-order chi connectivity index (χ0) is 21.9. The van der Waals surface area contributed by atoms with Crippen LogP contribution in [0.5, 0.6) is 0 Å². The lowest BCUT2D eigenvalue weighted by molar-refractivity contribution is -0.153. The van der Waals surface area contributed by atoms with Crippen molar-refractivity contribution < 1.29 is 24.3 Å². The van der Waals surface area contributed by atoms with Gasteiger partial charge >= 0.3 is 5.97 Å². The molecule has 2 unspecified atom stereocenters. The molecule has 2 saturated heterocycles. The molecule has 5 atom stereocenters. The first-order valence-electron chi connectivity index (χ1n) is 10.3. The fourth-order valence-corrected chi connectivity index (χ4v) is 5.04. The molecular weight excluding hydrogens is 374 g/mol. The second-order valence-electron chi connectivity index (χ2n) is 10.5. The highest BCUT2D eigenvalue weighted by Gasteiger charge is 2.70. The van der Waals surface area contributed by atoms with Crippen molar-refractivity contribution in [1.29, 1.82) is 0 Å². The number of carboxylic acid groups (broad SMARTS) is 1. The predicted molar refractivity (Wildman–Crippen MR) is 106 cm³/mol. The quantitative estimate of drug-likeness (QED) is 0.722. The predicted octanol–water partition coefficient (Wildman–Crippen LogP) is 0.953. The van der Waals surface area contributed by atoms with Crippen molar-refractivity contribution >= 4 is 23.7 Å². The summed E-state index contributed by atoms with van der Waals surface area (Å²) in [5.74, 6) is -2.06. The van der Waals surface area contributed by atoms with E-state index in [4.69, 9.17) is 0 Å². The van der Waals surface area contributed by atoms with Crippen LogP contribution in [-0.4, -0.2) is 70.8 Å². The van der Waals surface area contributed by atoms with Crippen LogP contribution in [0.4, 0.5) is 0 Å². The Morgan fingerprint density at radius 2 is 1.86 bits per heavy atom. The molecule has 0 aromatic rings. The summed E-state index contributed by atoms with van der Waals surface area (Å²) in [5, 5.41) is 12.6. The first-order valence-corrected chi connectivity index (χ1v) is 10.3. The summed E-state index contributed by atoms with van der Waals surface area (Å²) in [4.78, 5) is 53.2. The molecule has 0 aromatic heterocycles. The molecule has 8 nitrogen and oxygen atoms in total. The van der Waals surface area contributed by atoms with E-state index in [9.17, 15) is 24.3 Å². The van der Waals surface area contributed by atoms with Gasteiger partial charge in [0.15, 0.2) is 0 Å². The zero-order valence-electron chi connectivity index (χ0n) is 18.2. The minimum atomic E-state index is -0.990. The van der Waals surface area contributed by atoms with Gasteiger partial charge in [-0.3, -0.25) is 14.4 Å².